The van der Waals surface area contributed by atoms with Crippen LogP contribution in [0.3, 0.4) is 0 Å². The molecule has 0 saturated carbocycles. The second-order valence-electron chi connectivity index (χ2n) is 7.67. The summed E-state index contributed by atoms with van der Waals surface area (Å²) in [4.78, 5) is 31.0. The molecule has 0 bridgehead atoms. The van der Waals surface area contributed by atoms with Gasteiger partial charge in [0.2, 0.25) is 0 Å². The fourth-order valence-electron chi connectivity index (χ4n) is 3.85. The minimum Gasteiger partial charge on any atom is -0.497 e. The molecule has 1 amide bonds. The summed E-state index contributed by atoms with van der Waals surface area (Å²) in [6.45, 7) is 5.29. The molecule has 160 valence electrons. The number of rotatable bonds is 7. The number of aromatic nitrogens is 1. The molecule has 1 aromatic heterocycles. The first-order valence-corrected chi connectivity index (χ1v) is 10.6. The Balaban J connectivity index is 1.51. The Kier molecular flexibility index (Phi) is 7.44. The van der Waals surface area contributed by atoms with Crippen molar-refractivity contribution in [2.45, 2.75) is 39.5 Å². The molecule has 1 aliphatic heterocycles. The molecule has 0 spiro atoms. The molecule has 30 heavy (non-hydrogen) atoms. The fraction of sp³-hybridized carbons (Fsp3) is 0.458. The predicted molar refractivity (Wildman–Crippen MR) is 115 cm³/mol. The summed E-state index contributed by atoms with van der Waals surface area (Å²) < 4.78 is 10.2. The van der Waals surface area contributed by atoms with E-state index in [1.165, 1.54) is 5.56 Å². The minimum atomic E-state index is -0.404. The lowest BCUT2D eigenvalue weighted by molar-refractivity contribution is 0.0523. The van der Waals surface area contributed by atoms with Crippen LogP contribution in [-0.2, 0) is 11.2 Å². The lowest BCUT2D eigenvalue weighted by atomic mass is 9.90. The predicted octanol–water partition coefficient (Wildman–Crippen LogP) is 4.06. The summed E-state index contributed by atoms with van der Waals surface area (Å²) in [5, 5.41) is 0. The van der Waals surface area contributed by atoms with Crippen molar-refractivity contribution in [1.82, 2.24) is 9.88 Å². The first kappa shape index (κ1) is 21.8. The van der Waals surface area contributed by atoms with Crippen molar-refractivity contribution in [1.29, 1.82) is 0 Å². The van der Waals surface area contributed by atoms with Gasteiger partial charge in [0.05, 0.1) is 25.0 Å². The van der Waals surface area contributed by atoms with E-state index in [1.54, 1.807) is 33.1 Å². The molecule has 0 N–H and O–H groups in total. The van der Waals surface area contributed by atoms with E-state index in [-0.39, 0.29) is 5.91 Å². The molecule has 2 aromatic rings. The van der Waals surface area contributed by atoms with Gasteiger partial charge < -0.3 is 14.4 Å². The normalized spacial score (nSPS) is 14.4. The second kappa shape index (κ2) is 10.2. The number of ether oxygens (including phenoxy) is 2. The van der Waals surface area contributed by atoms with Crippen LogP contribution in [0.4, 0.5) is 0 Å². The van der Waals surface area contributed by atoms with Crippen molar-refractivity contribution < 1.29 is 19.1 Å². The molecule has 0 aliphatic carbocycles. The number of hydrogen-bond donors (Lipinski definition) is 0. The highest BCUT2D eigenvalue weighted by atomic mass is 16.5. The fourth-order valence-corrected chi connectivity index (χ4v) is 3.85. The van der Waals surface area contributed by atoms with Crippen LogP contribution >= 0.6 is 0 Å². The molecule has 0 unspecified atom stereocenters. The van der Waals surface area contributed by atoms with Gasteiger partial charge in [-0.15, -0.1) is 0 Å². The van der Waals surface area contributed by atoms with E-state index in [9.17, 15) is 9.59 Å². The highest BCUT2D eigenvalue weighted by Crippen LogP contribution is 2.24. The molecule has 3 rings (SSSR count). The highest BCUT2D eigenvalue weighted by Gasteiger charge is 2.25. The third-order valence-corrected chi connectivity index (χ3v) is 5.70. The van der Waals surface area contributed by atoms with E-state index in [0.29, 0.717) is 29.5 Å². The minimum absolute atomic E-state index is 0.0675. The summed E-state index contributed by atoms with van der Waals surface area (Å²) in [6, 6.07) is 11.5. The lowest BCUT2D eigenvalue weighted by Gasteiger charge is -2.32. The molecule has 6 heteroatoms. The van der Waals surface area contributed by atoms with Gasteiger partial charge in [-0.3, -0.25) is 4.79 Å². The Morgan fingerprint density at radius 2 is 1.80 bits per heavy atom. The molecular formula is C24H30N2O4. The van der Waals surface area contributed by atoms with E-state index in [1.807, 2.05) is 17.0 Å². The molecule has 6 nitrogen and oxygen atoms in total. The van der Waals surface area contributed by atoms with Crippen LogP contribution in [0, 0.1) is 12.8 Å². The summed E-state index contributed by atoms with van der Waals surface area (Å²) in [7, 11) is 1.68. The average Bonchev–Trinajstić information content (AvgIpc) is 2.78. The van der Waals surface area contributed by atoms with Crippen molar-refractivity contribution in [3.8, 4) is 5.75 Å². The van der Waals surface area contributed by atoms with Gasteiger partial charge in [0.1, 0.15) is 11.4 Å². The van der Waals surface area contributed by atoms with E-state index >= 15 is 0 Å². The Labute approximate surface area is 178 Å². The van der Waals surface area contributed by atoms with Gasteiger partial charge in [-0.1, -0.05) is 12.1 Å². The van der Waals surface area contributed by atoms with Crippen molar-refractivity contribution in [2.24, 2.45) is 5.92 Å². The highest BCUT2D eigenvalue weighted by molar-refractivity contribution is 5.95. The van der Waals surface area contributed by atoms with Crippen LogP contribution in [0.15, 0.2) is 36.4 Å². The van der Waals surface area contributed by atoms with Gasteiger partial charge in [-0.05, 0) is 75.3 Å². The van der Waals surface area contributed by atoms with E-state index in [4.69, 9.17) is 9.47 Å². The molecule has 1 saturated heterocycles. The smallest absolute Gasteiger partial charge is 0.339 e. The Hall–Kier alpha value is -2.89. The first-order chi connectivity index (χ1) is 14.5. The zero-order valence-corrected chi connectivity index (χ0v) is 18.0. The number of carbonyl (C=O) groups excluding carboxylic acids is 2. The average molecular weight is 411 g/mol. The van der Waals surface area contributed by atoms with Crippen LogP contribution in [0.25, 0.3) is 0 Å². The van der Waals surface area contributed by atoms with Gasteiger partial charge in [0.15, 0.2) is 0 Å². The number of benzene rings is 1. The summed E-state index contributed by atoms with van der Waals surface area (Å²) in [5.41, 5.74) is 2.63. The number of esters is 1. The van der Waals surface area contributed by atoms with Gasteiger partial charge >= 0.3 is 5.97 Å². The van der Waals surface area contributed by atoms with Crippen LogP contribution in [0.5, 0.6) is 5.75 Å². The number of hydrogen-bond acceptors (Lipinski definition) is 5. The Morgan fingerprint density at radius 3 is 2.40 bits per heavy atom. The molecule has 0 atom stereocenters. The number of likely N-dealkylation sites (tertiary alicyclic amines) is 1. The molecule has 1 fully saturated rings. The zero-order chi connectivity index (χ0) is 21.5. The number of nitrogens with zero attached hydrogens (tertiary/aromatic N) is 2. The van der Waals surface area contributed by atoms with Crippen LogP contribution < -0.4 is 4.74 Å². The van der Waals surface area contributed by atoms with E-state index < -0.39 is 5.97 Å². The van der Waals surface area contributed by atoms with E-state index in [2.05, 4.69) is 17.1 Å². The summed E-state index contributed by atoms with van der Waals surface area (Å²) in [6.07, 6.45) is 4.17. The topological polar surface area (TPSA) is 68.7 Å². The Bertz CT molecular complexity index is 871. The molecule has 0 radical (unpaired) electrons. The second-order valence-corrected chi connectivity index (χ2v) is 7.67. The van der Waals surface area contributed by atoms with Gasteiger partial charge in [-0.2, -0.15) is 0 Å². The molecule has 2 heterocycles. The van der Waals surface area contributed by atoms with Crippen molar-refractivity contribution >= 4 is 11.9 Å². The third-order valence-electron chi connectivity index (χ3n) is 5.70. The van der Waals surface area contributed by atoms with Crippen LogP contribution in [0.1, 0.15) is 58.3 Å². The third kappa shape index (κ3) is 5.38. The maximum atomic E-state index is 12.8. The van der Waals surface area contributed by atoms with Crippen molar-refractivity contribution in [2.75, 3.05) is 26.8 Å². The van der Waals surface area contributed by atoms with Gasteiger partial charge in [-0.25, -0.2) is 9.78 Å². The summed E-state index contributed by atoms with van der Waals surface area (Å²) >= 11 is 0. The van der Waals surface area contributed by atoms with Crippen LogP contribution in [-0.4, -0.2) is 48.6 Å². The van der Waals surface area contributed by atoms with Crippen molar-refractivity contribution in [3.05, 3.63) is 58.9 Å². The number of amides is 1. The number of methoxy groups -OCH3 is 1. The number of carbonyl (C=O) groups is 2. The van der Waals surface area contributed by atoms with Gasteiger partial charge in [0.25, 0.3) is 5.91 Å². The molecule has 1 aromatic carbocycles. The first-order valence-electron chi connectivity index (χ1n) is 10.6. The lowest BCUT2D eigenvalue weighted by Crippen LogP contribution is -2.39. The standard InChI is InChI=1S/C24H30N2O4/c1-4-30-24(28)21-11-12-22(25-17(21)2)23(27)26-15-13-19(14-16-26)6-5-18-7-9-20(29-3)10-8-18/h7-12,19H,4-6,13-16H2,1-3H3. The monoisotopic (exact) mass is 410 g/mol. The zero-order valence-electron chi connectivity index (χ0n) is 18.0. The SMILES string of the molecule is CCOC(=O)c1ccc(C(=O)N2CCC(CCc3ccc(OC)cc3)CC2)nc1C. The quantitative estimate of drug-likeness (QED) is 0.644. The van der Waals surface area contributed by atoms with E-state index in [0.717, 1.165) is 44.5 Å². The van der Waals surface area contributed by atoms with Crippen LogP contribution in [0.2, 0.25) is 0 Å². The van der Waals surface area contributed by atoms with Gasteiger partial charge in [0, 0.05) is 13.1 Å². The Morgan fingerprint density at radius 1 is 1.10 bits per heavy atom. The molecule has 1 aliphatic rings. The van der Waals surface area contributed by atoms with Crippen molar-refractivity contribution in [3.63, 3.8) is 0 Å². The maximum Gasteiger partial charge on any atom is 0.339 e. The number of pyridine rings is 1. The summed E-state index contributed by atoms with van der Waals surface area (Å²) in [5.74, 6) is 1.03. The number of aryl methyl sites for hydroxylation is 2. The molecular weight excluding hydrogens is 380 g/mol. The number of piperidine rings is 1. The maximum absolute atomic E-state index is 12.8. The largest absolute Gasteiger partial charge is 0.497 e.